The van der Waals surface area contributed by atoms with E-state index < -0.39 is 13.2 Å². The Morgan fingerprint density at radius 1 is 0.808 bits per heavy atom. The highest BCUT2D eigenvalue weighted by molar-refractivity contribution is 9.10. The van der Waals surface area contributed by atoms with Crippen LogP contribution in [0, 0.1) is 0 Å². The van der Waals surface area contributed by atoms with Crippen molar-refractivity contribution in [2.45, 2.75) is 110 Å². The van der Waals surface area contributed by atoms with Crippen molar-refractivity contribution < 1.29 is 18.9 Å². The SMILES string of the molecule is CCOc1cc(N2CCC(N3CCN(CCc4cccc5c4n(C4CC4)c(=O)n5C4CCC(=O)NC4=O)CC3)CC2)c(CC)cc1Nc1ncc(Br)c(Nc2ccc3nc(CC)ccc3c2P2(=O)CCCC2)n1. The van der Waals surface area contributed by atoms with Gasteiger partial charge in [-0.25, -0.2) is 9.78 Å². The van der Waals surface area contributed by atoms with E-state index in [4.69, 9.17) is 14.7 Å². The van der Waals surface area contributed by atoms with E-state index >= 15 is 0 Å². The summed E-state index contributed by atoms with van der Waals surface area (Å²) in [6, 6.07) is 18.6. The number of halogens is 1. The summed E-state index contributed by atoms with van der Waals surface area (Å²) >= 11 is 3.70. The minimum Gasteiger partial charge on any atom is -0.492 e. The van der Waals surface area contributed by atoms with Crippen LogP contribution >= 0.6 is 23.1 Å². The number of amides is 2. The van der Waals surface area contributed by atoms with E-state index in [1.165, 1.54) is 11.3 Å². The van der Waals surface area contributed by atoms with E-state index in [9.17, 15) is 18.9 Å². The summed E-state index contributed by atoms with van der Waals surface area (Å²) in [4.78, 5) is 61.1. The molecule has 1 atom stereocenters. The molecule has 1 aliphatic carbocycles. The Labute approximate surface area is 435 Å². The lowest BCUT2D eigenvalue weighted by Gasteiger charge is -2.43. The molecule has 73 heavy (non-hydrogen) atoms. The molecule has 1 saturated carbocycles. The molecule has 0 radical (unpaired) electrons. The highest BCUT2D eigenvalue weighted by Crippen LogP contribution is 2.54. The molecule has 16 nitrogen and oxygen atoms in total. The lowest BCUT2D eigenvalue weighted by molar-refractivity contribution is -0.135. The molecule has 4 aliphatic heterocycles. The number of fused-ring (bicyclic) bond motifs is 2. The first-order valence-electron chi connectivity index (χ1n) is 26.7. The number of nitrogens with one attached hydrogen (secondary N) is 3. The first-order valence-corrected chi connectivity index (χ1v) is 29.6. The number of imide groups is 1. The summed E-state index contributed by atoms with van der Waals surface area (Å²) in [6.45, 7) is 13.7. The molecule has 11 rings (SSSR count). The standard InChI is InChI=1S/C55H67BrN11O5P/c1-4-35-32-44(60-54-57-34-41(56)52(62-54)59-43-17-16-42-40(15-12-37(5-2)58-42)51(43)73(71)30-7-8-31-73)48(72-6-3)33-47(35)65-24-21-38(22-25-65)64-28-26-63(27-29-64)23-20-36-10-9-11-45-50(36)66(39-13-14-39)55(70)67(45)46-18-19-49(68)61-53(46)69/h9-12,15-17,32-34,38-39,46H,4-8,13-14,18-31H2,1-3H3,(H,61,68,69)(H2,57,59,60,62). The highest BCUT2D eigenvalue weighted by atomic mass is 79.9. The van der Waals surface area contributed by atoms with Gasteiger partial charge in [0.25, 0.3) is 0 Å². The summed E-state index contributed by atoms with van der Waals surface area (Å²) in [6.07, 6.45) is 12.2. The number of piperidine rings is 2. The summed E-state index contributed by atoms with van der Waals surface area (Å²) in [7, 11) is -2.65. The smallest absolute Gasteiger partial charge is 0.330 e. The molecular weight excluding hydrogens is 1010 g/mol. The van der Waals surface area contributed by atoms with Gasteiger partial charge < -0.3 is 29.7 Å². The summed E-state index contributed by atoms with van der Waals surface area (Å²) in [5, 5.41) is 11.3. The van der Waals surface area contributed by atoms with E-state index in [0.29, 0.717) is 47.6 Å². The maximum absolute atomic E-state index is 14.6. The molecule has 384 valence electrons. The summed E-state index contributed by atoms with van der Waals surface area (Å²) in [5.41, 5.74) is 8.67. The van der Waals surface area contributed by atoms with Gasteiger partial charge in [-0.1, -0.05) is 32.0 Å². The molecule has 6 aromatic rings. The second-order valence-electron chi connectivity index (χ2n) is 20.5. The van der Waals surface area contributed by atoms with Crippen LogP contribution in [-0.2, 0) is 33.4 Å². The average Bonchev–Trinajstić information content (AvgIpc) is 4.07. The Hall–Kier alpha value is -5.61. The predicted octanol–water partition coefficient (Wildman–Crippen LogP) is 8.84. The molecule has 7 heterocycles. The van der Waals surface area contributed by atoms with Crippen LogP contribution in [0.25, 0.3) is 21.9 Å². The first-order chi connectivity index (χ1) is 35.5. The molecule has 2 amide bonds. The lowest BCUT2D eigenvalue weighted by atomic mass is 9.99. The Balaban J connectivity index is 0.736. The van der Waals surface area contributed by atoms with E-state index in [1.54, 1.807) is 10.8 Å². The van der Waals surface area contributed by atoms with Gasteiger partial charge in [-0.2, -0.15) is 4.98 Å². The van der Waals surface area contributed by atoms with Crippen molar-refractivity contribution in [2.75, 3.05) is 80.3 Å². The predicted molar refractivity (Wildman–Crippen MR) is 293 cm³/mol. The van der Waals surface area contributed by atoms with Crippen LogP contribution < -0.4 is 36.6 Å². The fraction of sp³-hybridized carbons (Fsp3) is 0.491. The van der Waals surface area contributed by atoms with Crippen LogP contribution in [0.3, 0.4) is 0 Å². The van der Waals surface area contributed by atoms with Crippen molar-refractivity contribution in [1.29, 1.82) is 0 Å². The number of hydrogen-bond donors (Lipinski definition) is 3. The minimum absolute atomic E-state index is 0.139. The largest absolute Gasteiger partial charge is 0.492 e. The summed E-state index contributed by atoms with van der Waals surface area (Å²) < 4.78 is 25.2. The molecule has 4 saturated heterocycles. The van der Waals surface area contributed by atoms with Gasteiger partial charge in [-0.3, -0.25) is 33.9 Å². The van der Waals surface area contributed by atoms with Crippen molar-refractivity contribution in [3.05, 3.63) is 92.6 Å². The third-order valence-electron chi connectivity index (χ3n) is 15.9. The van der Waals surface area contributed by atoms with E-state index in [-0.39, 0.29) is 30.0 Å². The quantitative estimate of drug-likeness (QED) is 0.0621. The van der Waals surface area contributed by atoms with Crippen molar-refractivity contribution in [2.24, 2.45) is 0 Å². The van der Waals surface area contributed by atoms with Gasteiger partial charge in [0.05, 0.1) is 39.0 Å². The molecule has 3 aromatic heterocycles. The second-order valence-corrected chi connectivity index (χ2v) is 24.5. The van der Waals surface area contributed by atoms with Crippen molar-refractivity contribution in [3.8, 4) is 5.75 Å². The van der Waals surface area contributed by atoms with Gasteiger partial charge >= 0.3 is 5.69 Å². The molecular formula is C55H67BrN11O5P. The summed E-state index contributed by atoms with van der Waals surface area (Å²) in [5.74, 6) is 1.08. The maximum atomic E-state index is 14.6. The van der Waals surface area contributed by atoms with Gasteiger partial charge in [0.15, 0.2) is 0 Å². The number of anilines is 5. The van der Waals surface area contributed by atoms with Crippen LogP contribution in [0.15, 0.2) is 70.1 Å². The van der Waals surface area contributed by atoms with Crippen LogP contribution in [0.4, 0.5) is 28.8 Å². The first kappa shape index (κ1) is 49.6. The Kier molecular flexibility index (Phi) is 14.2. The zero-order valence-corrected chi connectivity index (χ0v) is 44.8. The normalized spacial score (nSPS) is 20.0. The molecule has 0 bridgehead atoms. The number of carbonyl (C=O) groups excluding carboxylic acids is 2. The zero-order valence-electron chi connectivity index (χ0n) is 42.3. The van der Waals surface area contributed by atoms with Crippen LogP contribution in [0.1, 0.15) is 101 Å². The van der Waals surface area contributed by atoms with Crippen LogP contribution in [0.5, 0.6) is 5.75 Å². The topological polar surface area (TPSA) is 172 Å². The van der Waals surface area contributed by atoms with E-state index in [1.807, 2.05) is 35.8 Å². The number of aryl methyl sites for hydroxylation is 2. The second kappa shape index (κ2) is 21.0. The number of rotatable bonds is 16. The Morgan fingerprint density at radius 2 is 1.60 bits per heavy atom. The molecule has 0 spiro atoms. The highest BCUT2D eigenvalue weighted by Gasteiger charge is 2.37. The number of piperazine rings is 1. The van der Waals surface area contributed by atoms with E-state index in [2.05, 4.69) is 95.7 Å². The molecule has 1 unspecified atom stereocenters. The Morgan fingerprint density at radius 3 is 2.33 bits per heavy atom. The molecule has 3 aromatic carbocycles. The van der Waals surface area contributed by atoms with Crippen molar-refractivity contribution in [3.63, 3.8) is 0 Å². The number of hydrogen-bond acceptors (Lipinski definition) is 13. The van der Waals surface area contributed by atoms with Gasteiger partial charge in [0.1, 0.15) is 24.8 Å². The lowest BCUT2D eigenvalue weighted by Crippen LogP contribution is -2.53. The monoisotopic (exact) mass is 1070 g/mol. The number of carbonyl (C=O) groups is 2. The van der Waals surface area contributed by atoms with Crippen molar-refractivity contribution in [1.82, 2.24) is 39.2 Å². The average molecular weight is 1070 g/mol. The number of aromatic nitrogens is 5. The zero-order chi connectivity index (χ0) is 50.4. The third-order valence-corrected chi connectivity index (χ3v) is 19.9. The van der Waals surface area contributed by atoms with Gasteiger partial charge in [0.2, 0.25) is 17.8 Å². The van der Waals surface area contributed by atoms with E-state index in [0.717, 1.165) is 159 Å². The van der Waals surface area contributed by atoms with Crippen LogP contribution in [0.2, 0.25) is 0 Å². The van der Waals surface area contributed by atoms with Gasteiger partial charge in [-0.15, -0.1) is 0 Å². The number of ether oxygens (including phenoxy) is 1. The molecule has 3 N–H and O–H groups in total. The fourth-order valence-corrected chi connectivity index (χ4v) is 15.6. The van der Waals surface area contributed by atoms with Crippen molar-refractivity contribution >= 4 is 91.0 Å². The molecule has 18 heteroatoms. The number of nitrogens with zero attached hydrogens (tertiary/aromatic N) is 8. The Bertz CT molecular complexity index is 3180. The fourth-order valence-electron chi connectivity index (χ4n) is 11.9. The number of para-hydroxylation sites is 1. The van der Waals surface area contributed by atoms with Crippen LogP contribution in [-0.4, -0.2) is 116 Å². The minimum atomic E-state index is -2.65. The third kappa shape index (κ3) is 9.94. The van der Waals surface area contributed by atoms with Gasteiger partial charge in [0, 0.05) is 111 Å². The molecule has 5 aliphatic rings. The number of pyridine rings is 1. The number of imidazole rings is 1. The molecule has 5 fully saturated rings. The van der Waals surface area contributed by atoms with Gasteiger partial charge in [-0.05, 0) is 129 Å². The number of benzene rings is 3. The maximum Gasteiger partial charge on any atom is 0.330 e.